The maximum atomic E-state index is 13.0. The molecule has 1 aromatic rings. The number of ether oxygens (including phenoxy) is 1. The first kappa shape index (κ1) is 19.6. The molecule has 6 heteroatoms. The van der Waals surface area contributed by atoms with Crippen LogP contribution in [0.1, 0.15) is 42.7 Å². The normalized spacial score (nSPS) is 29.0. The molecular formula is C24H28N2O4. The minimum absolute atomic E-state index is 0.0367. The van der Waals surface area contributed by atoms with Crippen molar-refractivity contribution >= 4 is 11.8 Å². The first-order valence-corrected chi connectivity index (χ1v) is 11.1. The van der Waals surface area contributed by atoms with Gasteiger partial charge in [-0.3, -0.25) is 9.59 Å². The van der Waals surface area contributed by atoms with Crippen molar-refractivity contribution in [1.29, 1.82) is 0 Å². The number of carbonyl (C=O) groups excluding carboxylic acids is 2. The number of aliphatic hydroxyl groups excluding tert-OH is 1. The molecule has 158 valence electrons. The van der Waals surface area contributed by atoms with Gasteiger partial charge in [-0.2, -0.15) is 0 Å². The molecule has 3 heterocycles. The molecule has 2 amide bonds. The Morgan fingerprint density at radius 2 is 1.87 bits per heavy atom. The van der Waals surface area contributed by atoms with Gasteiger partial charge in [0.05, 0.1) is 25.2 Å². The third kappa shape index (κ3) is 3.61. The van der Waals surface area contributed by atoms with Gasteiger partial charge in [-0.05, 0) is 43.4 Å². The number of carbonyl (C=O) groups is 2. The first-order valence-electron chi connectivity index (χ1n) is 11.1. The second kappa shape index (κ2) is 8.05. The van der Waals surface area contributed by atoms with Gasteiger partial charge in [-0.25, -0.2) is 0 Å². The fourth-order valence-electron chi connectivity index (χ4n) is 5.07. The van der Waals surface area contributed by atoms with Crippen LogP contribution in [0.2, 0.25) is 0 Å². The van der Waals surface area contributed by atoms with Gasteiger partial charge in [-0.15, -0.1) is 0 Å². The lowest BCUT2D eigenvalue weighted by molar-refractivity contribution is -0.169. The number of rotatable bonds is 3. The summed E-state index contributed by atoms with van der Waals surface area (Å²) in [7, 11) is 0. The van der Waals surface area contributed by atoms with E-state index in [0.29, 0.717) is 25.7 Å². The van der Waals surface area contributed by atoms with Crippen LogP contribution in [0.4, 0.5) is 0 Å². The number of aliphatic hydroxyl groups is 1. The van der Waals surface area contributed by atoms with Gasteiger partial charge in [0.1, 0.15) is 0 Å². The lowest BCUT2D eigenvalue weighted by atomic mass is 9.73. The highest BCUT2D eigenvalue weighted by atomic mass is 16.5. The Morgan fingerprint density at radius 3 is 2.53 bits per heavy atom. The van der Waals surface area contributed by atoms with E-state index in [-0.39, 0.29) is 48.9 Å². The average molecular weight is 408 g/mol. The molecule has 3 atom stereocenters. The Kier molecular flexibility index (Phi) is 5.26. The van der Waals surface area contributed by atoms with E-state index in [9.17, 15) is 14.7 Å². The quantitative estimate of drug-likeness (QED) is 0.767. The molecule has 5 rings (SSSR count). The Hall–Kier alpha value is -2.36. The fourth-order valence-corrected chi connectivity index (χ4v) is 5.07. The molecule has 4 aliphatic rings. The summed E-state index contributed by atoms with van der Waals surface area (Å²) in [5, 5.41) is 9.95. The van der Waals surface area contributed by atoms with Gasteiger partial charge in [0.15, 0.2) is 0 Å². The van der Waals surface area contributed by atoms with E-state index in [4.69, 9.17) is 4.74 Å². The average Bonchev–Trinajstić information content (AvgIpc) is 3.59. The van der Waals surface area contributed by atoms with Gasteiger partial charge in [-0.1, -0.05) is 24.0 Å². The molecule has 1 N–H and O–H groups in total. The highest BCUT2D eigenvalue weighted by Gasteiger charge is 2.54. The van der Waals surface area contributed by atoms with Crippen LogP contribution in [0.25, 0.3) is 0 Å². The number of nitrogens with zero attached hydrogens (tertiary/aromatic N) is 2. The zero-order valence-electron chi connectivity index (χ0n) is 17.1. The van der Waals surface area contributed by atoms with E-state index in [1.807, 2.05) is 12.1 Å². The fraction of sp³-hybridized carbons (Fsp3) is 0.583. The molecule has 0 bridgehead atoms. The van der Waals surface area contributed by atoms with Crippen LogP contribution in [0, 0.1) is 23.7 Å². The molecule has 1 aliphatic carbocycles. The number of benzene rings is 1. The van der Waals surface area contributed by atoms with E-state index < -0.39 is 0 Å². The lowest BCUT2D eigenvalue weighted by Gasteiger charge is -2.59. The smallest absolute Gasteiger partial charge is 0.242 e. The standard InChI is InChI=1S/C24H28N2O4/c27-15-21-23(18-7-5-17(6-8-18)4-3-16-1-2-16)20-13-25(14-22(28)26(20)21)24(29)19-9-11-30-12-10-19/h5-8,16,19-21,23,27H,1-2,9-15H2/t20-,21-,23+/m1/s1. The zero-order chi connectivity index (χ0) is 20.7. The Balaban J connectivity index is 1.32. The van der Waals surface area contributed by atoms with Gasteiger partial charge in [0, 0.05) is 43.1 Å². The van der Waals surface area contributed by atoms with Crippen LogP contribution < -0.4 is 0 Å². The van der Waals surface area contributed by atoms with Crippen LogP contribution >= 0.6 is 0 Å². The minimum atomic E-state index is -0.216. The summed E-state index contributed by atoms with van der Waals surface area (Å²) < 4.78 is 5.37. The number of hydrogen-bond donors (Lipinski definition) is 1. The van der Waals surface area contributed by atoms with Crippen molar-refractivity contribution < 1.29 is 19.4 Å². The SMILES string of the molecule is O=C(C1CCOCC1)N1CC(=O)N2[C@H](CO)[C@@H](c3ccc(C#CC4CC4)cc3)[C@H]2C1. The summed E-state index contributed by atoms with van der Waals surface area (Å²) in [5.74, 6) is 7.07. The summed E-state index contributed by atoms with van der Waals surface area (Å²) in [5.41, 5.74) is 2.10. The summed E-state index contributed by atoms with van der Waals surface area (Å²) in [4.78, 5) is 29.3. The van der Waals surface area contributed by atoms with E-state index in [2.05, 4.69) is 24.0 Å². The van der Waals surface area contributed by atoms with Crippen LogP contribution in [-0.4, -0.2) is 71.7 Å². The third-order valence-corrected chi connectivity index (χ3v) is 6.93. The maximum Gasteiger partial charge on any atom is 0.242 e. The Labute approximate surface area is 177 Å². The molecule has 30 heavy (non-hydrogen) atoms. The predicted molar refractivity (Wildman–Crippen MR) is 110 cm³/mol. The second-order valence-electron chi connectivity index (χ2n) is 8.92. The minimum Gasteiger partial charge on any atom is -0.394 e. The number of fused-ring (bicyclic) bond motifs is 1. The molecule has 1 saturated carbocycles. The molecular weight excluding hydrogens is 380 g/mol. The number of hydrogen-bond acceptors (Lipinski definition) is 4. The van der Waals surface area contributed by atoms with Crippen molar-refractivity contribution in [1.82, 2.24) is 9.80 Å². The highest BCUT2D eigenvalue weighted by molar-refractivity contribution is 5.88. The zero-order valence-corrected chi connectivity index (χ0v) is 17.1. The molecule has 0 spiro atoms. The van der Waals surface area contributed by atoms with Gasteiger partial charge < -0.3 is 19.6 Å². The van der Waals surface area contributed by atoms with Crippen LogP contribution in [0.5, 0.6) is 0 Å². The molecule has 3 saturated heterocycles. The van der Waals surface area contributed by atoms with Crippen molar-refractivity contribution in [2.24, 2.45) is 11.8 Å². The molecule has 6 nitrogen and oxygen atoms in total. The highest BCUT2D eigenvalue weighted by Crippen LogP contribution is 2.43. The predicted octanol–water partition coefficient (Wildman–Crippen LogP) is 1.37. The number of amides is 2. The molecule has 3 aliphatic heterocycles. The van der Waals surface area contributed by atoms with Crippen LogP contribution in [-0.2, 0) is 14.3 Å². The topological polar surface area (TPSA) is 70.1 Å². The van der Waals surface area contributed by atoms with Crippen molar-refractivity contribution in [2.45, 2.75) is 43.7 Å². The van der Waals surface area contributed by atoms with Crippen molar-refractivity contribution in [3.63, 3.8) is 0 Å². The summed E-state index contributed by atoms with van der Waals surface area (Å²) in [6.45, 7) is 1.81. The van der Waals surface area contributed by atoms with Crippen molar-refractivity contribution in [3.05, 3.63) is 35.4 Å². The molecule has 1 aromatic carbocycles. The van der Waals surface area contributed by atoms with E-state index in [0.717, 1.165) is 24.0 Å². The maximum absolute atomic E-state index is 13.0. The Bertz CT molecular complexity index is 877. The molecule has 0 unspecified atom stereocenters. The van der Waals surface area contributed by atoms with Crippen molar-refractivity contribution in [3.8, 4) is 11.8 Å². The summed E-state index contributed by atoms with van der Waals surface area (Å²) in [6, 6.07) is 7.88. The third-order valence-electron chi connectivity index (χ3n) is 6.93. The van der Waals surface area contributed by atoms with E-state index in [1.165, 1.54) is 12.8 Å². The summed E-state index contributed by atoms with van der Waals surface area (Å²) in [6.07, 6.45) is 3.87. The lowest BCUT2D eigenvalue weighted by Crippen LogP contribution is -2.73. The van der Waals surface area contributed by atoms with Gasteiger partial charge in [0.2, 0.25) is 11.8 Å². The summed E-state index contributed by atoms with van der Waals surface area (Å²) >= 11 is 0. The largest absolute Gasteiger partial charge is 0.394 e. The second-order valence-corrected chi connectivity index (χ2v) is 8.92. The van der Waals surface area contributed by atoms with E-state index in [1.54, 1.807) is 9.80 Å². The van der Waals surface area contributed by atoms with Crippen molar-refractivity contribution in [2.75, 3.05) is 32.9 Å². The molecule has 4 fully saturated rings. The van der Waals surface area contributed by atoms with Gasteiger partial charge >= 0.3 is 0 Å². The van der Waals surface area contributed by atoms with Gasteiger partial charge in [0.25, 0.3) is 0 Å². The monoisotopic (exact) mass is 408 g/mol. The molecule has 0 aromatic heterocycles. The number of piperazine rings is 1. The van der Waals surface area contributed by atoms with E-state index >= 15 is 0 Å². The van der Waals surface area contributed by atoms with Crippen LogP contribution in [0.3, 0.4) is 0 Å². The Morgan fingerprint density at radius 1 is 1.13 bits per heavy atom. The van der Waals surface area contributed by atoms with Crippen LogP contribution in [0.15, 0.2) is 24.3 Å². The first-order chi connectivity index (χ1) is 14.7. The molecule has 0 radical (unpaired) electrons.